The summed E-state index contributed by atoms with van der Waals surface area (Å²) in [5.74, 6) is 1.29. The third-order valence-electron chi connectivity index (χ3n) is 11.6. The quantitative estimate of drug-likeness (QED) is 0.112. The first-order valence-electron chi connectivity index (χ1n) is 23.2. The minimum absolute atomic E-state index is 0.00475. The highest BCUT2D eigenvalue weighted by Crippen LogP contribution is 2.42. The number of ether oxygens (including phenoxy) is 2. The molecule has 0 atom stereocenters. The molecule has 5 aromatic carbocycles. The van der Waals surface area contributed by atoms with Gasteiger partial charge in [0.25, 0.3) is 0 Å². The largest absolute Gasteiger partial charge is 0.543 e. The van der Waals surface area contributed by atoms with Crippen molar-refractivity contribution in [3.63, 3.8) is 0 Å². The second kappa shape index (κ2) is 20.8. The molecule has 0 fully saturated rings. The molecule has 6 aromatic rings. The van der Waals surface area contributed by atoms with E-state index < -0.39 is 31.7 Å². The number of hydrogen-bond acceptors (Lipinski definition) is 10. The number of nitrogens with one attached hydrogen (secondary N) is 2. The third kappa shape index (κ3) is 13.7. The first-order chi connectivity index (χ1) is 33.0. The van der Waals surface area contributed by atoms with E-state index in [1.807, 2.05) is 129 Å². The monoisotopic (exact) mass is 1040 g/mol. The van der Waals surface area contributed by atoms with Crippen molar-refractivity contribution in [2.24, 2.45) is 0 Å². The number of halogens is 1. The van der Waals surface area contributed by atoms with Crippen molar-refractivity contribution in [2.75, 3.05) is 10.6 Å². The fourth-order valence-corrected chi connectivity index (χ4v) is 8.46. The van der Waals surface area contributed by atoms with Crippen LogP contribution in [0.1, 0.15) is 79.0 Å². The van der Waals surface area contributed by atoms with Gasteiger partial charge >= 0.3 is 12.2 Å². The minimum Gasteiger partial charge on any atom is -0.543 e. The lowest BCUT2D eigenvalue weighted by Gasteiger charge is -2.36. The van der Waals surface area contributed by atoms with E-state index in [0.29, 0.717) is 39.0 Å². The smallest absolute Gasteiger partial charge is 0.412 e. The van der Waals surface area contributed by atoms with Crippen LogP contribution in [0.25, 0.3) is 55.4 Å². The van der Waals surface area contributed by atoms with Crippen molar-refractivity contribution >= 4 is 80.7 Å². The van der Waals surface area contributed by atoms with Crippen LogP contribution in [0.5, 0.6) is 11.5 Å². The SMILES string of the molecule is Cc1cc(NC(=O)OC(C)(C)C)ccc1-c1c2ccc(=O)cc-2oc2cc(O)ccc12.Cc1cc(NC(=O)OC(C)(C)C)ccc1Br.Cc1ccc2c(=O)c3ccc(O[Si](C)(C)C(C)(C)C)cc3oc2c1. The van der Waals surface area contributed by atoms with E-state index in [1.165, 1.54) is 18.2 Å². The fourth-order valence-electron chi connectivity index (χ4n) is 7.19. The van der Waals surface area contributed by atoms with Crippen LogP contribution in [0, 0.1) is 20.8 Å². The summed E-state index contributed by atoms with van der Waals surface area (Å²) in [4.78, 5) is 48.1. The number of aromatic hydroxyl groups is 1. The average Bonchev–Trinajstić information content (AvgIpc) is 3.23. The van der Waals surface area contributed by atoms with Gasteiger partial charge in [-0.15, -0.1) is 0 Å². The number of carbonyl (C=O) groups excluding carboxylic acids is 2. The summed E-state index contributed by atoms with van der Waals surface area (Å²) in [6.07, 6.45) is -0.957. The number of aryl methyl sites for hydroxylation is 3. The zero-order valence-electron chi connectivity index (χ0n) is 42.9. The summed E-state index contributed by atoms with van der Waals surface area (Å²) in [5.41, 5.74) is 7.45. The Morgan fingerprint density at radius 3 is 1.70 bits per heavy atom. The predicted octanol–water partition coefficient (Wildman–Crippen LogP) is 15.7. The Bertz CT molecular complexity index is 3370. The highest BCUT2D eigenvalue weighted by atomic mass is 79.9. The number of fused-ring (bicyclic) bond motifs is 4. The van der Waals surface area contributed by atoms with E-state index in [4.69, 9.17) is 22.7 Å². The maximum atomic E-state index is 12.7. The Morgan fingerprint density at radius 1 is 0.592 bits per heavy atom. The average molecular weight is 1040 g/mol. The molecule has 2 aliphatic rings. The van der Waals surface area contributed by atoms with Gasteiger partial charge in [0.15, 0.2) is 5.43 Å². The van der Waals surface area contributed by atoms with Gasteiger partial charge in [-0.05, 0) is 182 Å². The number of benzene rings is 6. The van der Waals surface area contributed by atoms with E-state index >= 15 is 0 Å². The summed E-state index contributed by atoms with van der Waals surface area (Å²) in [7, 11) is -1.93. The number of phenols is 1. The van der Waals surface area contributed by atoms with Gasteiger partial charge in [-0.1, -0.05) is 48.8 Å². The van der Waals surface area contributed by atoms with Crippen molar-refractivity contribution < 1.29 is 37.4 Å². The molecule has 14 heteroatoms. The van der Waals surface area contributed by atoms with Crippen LogP contribution < -0.4 is 25.9 Å². The molecule has 0 unspecified atom stereocenters. The second-order valence-corrected chi connectivity index (χ2v) is 26.6. The number of carbonyl (C=O) groups is 2. The van der Waals surface area contributed by atoms with E-state index in [-0.39, 0.29) is 21.6 Å². The van der Waals surface area contributed by atoms with Crippen molar-refractivity contribution in [3.8, 4) is 33.9 Å². The normalized spacial score (nSPS) is 11.9. The molecule has 3 N–H and O–H groups in total. The van der Waals surface area contributed by atoms with Gasteiger partial charge in [-0.2, -0.15) is 0 Å². The van der Waals surface area contributed by atoms with Crippen molar-refractivity contribution in [1.29, 1.82) is 0 Å². The summed E-state index contributed by atoms with van der Waals surface area (Å²) in [6, 6.07) is 32.0. The van der Waals surface area contributed by atoms with Gasteiger partial charge in [0, 0.05) is 50.6 Å². The van der Waals surface area contributed by atoms with Gasteiger partial charge in [0.05, 0.1) is 10.8 Å². The number of phenolic OH excluding ortho intramolecular Hbond substituents is 1. The molecule has 372 valence electrons. The molecule has 71 heavy (non-hydrogen) atoms. The first kappa shape index (κ1) is 53.4. The Hall–Kier alpha value is -6.90. The van der Waals surface area contributed by atoms with Crippen LogP contribution in [-0.2, 0) is 9.47 Å². The number of amides is 2. The van der Waals surface area contributed by atoms with Crippen molar-refractivity contribution in [3.05, 3.63) is 151 Å². The maximum absolute atomic E-state index is 12.7. The zero-order chi connectivity index (χ0) is 52.4. The van der Waals surface area contributed by atoms with Crippen LogP contribution >= 0.6 is 15.9 Å². The molecule has 2 heterocycles. The molecule has 0 bridgehead atoms. The van der Waals surface area contributed by atoms with Gasteiger partial charge in [-0.25, -0.2) is 9.59 Å². The standard InChI is InChI=1S/C25H23NO5.C20H24O3Si.C12H16BrNO2/c1-14-11-15(26-24(29)31-25(2,3)4)5-8-18(14)23-19-9-6-16(27)12-21(19)30-22-13-17(28)7-10-20(22)23;1-13-7-9-15-17(11-13)22-18-12-14(8-10-16(18)19(15)21)23-24(5,6)20(2,3)4;1-8-7-9(5-6-10(8)13)14-11(15)16-12(2,3)4/h5-13,27H,1-4H3,(H,26,29);7-12H,1-6H3;5-7H,1-4H3,(H,14,15). The fraction of sp³-hybridized carbons (Fsp3) is 0.298. The summed E-state index contributed by atoms with van der Waals surface area (Å²) >= 11 is 3.40. The molecule has 1 aliphatic heterocycles. The Labute approximate surface area is 423 Å². The molecule has 1 aromatic heterocycles. The van der Waals surface area contributed by atoms with Crippen LogP contribution in [0.3, 0.4) is 0 Å². The third-order valence-corrected chi connectivity index (χ3v) is 16.8. The molecular weight excluding hydrogens is 981 g/mol. The van der Waals surface area contributed by atoms with Crippen molar-refractivity contribution in [2.45, 2.75) is 112 Å². The predicted molar refractivity (Wildman–Crippen MR) is 292 cm³/mol. The summed E-state index contributed by atoms with van der Waals surface area (Å²) in [6.45, 7) is 27.8. The number of hydrogen-bond donors (Lipinski definition) is 3. The van der Waals surface area contributed by atoms with Gasteiger partial charge < -0.3 is 27.8 Å². The molecule has 8 rings (SSSR count). The molecule has 0 saturated heterocycles. The molecule has 0 radical (unpaired) electrons. The lowest BCUT2D eigenvalue weighted by molar-refractivity contribution is 0.0624. The lowest BCUT2D eigenvalue weighted by atomic mass is 9.91. The van der Waals surface area contributed by atoms with E-state index in [1.54, 1.807) is 24.3 Å². The van der Waals surface area contributed by atoms with E-state index in [9.17, 15) is 24.3 Å². The lowest BCUT2D eigenvalue weighted by Crippen LogP contribution is -2.43. The Balaban J connectivity index is 0.000000184. The highest BCUT2D eigenvalue weighted by molar-refractivity contribution is 9.10. The molecule has 0 saturated carbocycles. The Morgan fingerprint density at radius 2 is 1.13 bits per heavy atom. The highest BCUT2D eigenvalue weighted by Gasteiger charge is 2.39. The van der Waals surface area contributed by atoms with Crippen LogP contribution in [-0.4, -0.2) is 36.8 Å². The summed E-state index contributed by atoms with van der Waals surface area (Å²) < 4.78 is 29.7. The number of anilines is 2. The van der Waals surface area contributed by atoms with Gasteiger partial charge in [0.1, 0.15) is 45.2 Å². The number of rotatable bonds is 5. The second-order valence-electron chi connectivity index (χ2n) is 21.0. The molecule has 12 nitrogen and oxygen atoms in total. The minimum atomic E-state index is -1.93. The molecular formula is C57H63BrN2O10Si. The van der Waals surface area contributed by atoms with E-state index in [0.717, 1.165) is 54.7 Å². The molecule has 2 amide bonds. The summed E-state index contributed by atoms with van der Waals surface area (Å²) in [5, 5.41) is 17.5. The van der Waals surface area contributed by atoms with E-state index in [2.05, 4.69) is 60.4 Å². The zero-order valence-corrected chi connectivity index (χ0v) is 45.5. The van der Waals surface area contributed by atoms with Gasteiger partial charge in [-0.3, -0.25) is 20.2 Å². The Kier molecular flexibility index (Phi) is 15.7. The molecule has 1 aliphatic carbocycles. The molecule has 0 spiro atoms. The van der Waals surface area contributed by atoms with Crippen molar-refractivity contribution in [1.82, 2.24) is 0 Å². The van der Waals surface area contributed by atoms with Crippen LogP contribution in [0.15, 0.2) is 132 Å². The van der Waals surface area contributed by atoms with Crippen LogP contribution in [0.2, 0.25) is 18.1 Å². The maximum Gasteiger partial charge on any atom is 0.412 e. The van der Waals surface area contributed by atoms with Crippen LogP contribution in [0.4, 0.5) is 21.0 Å². The topological polar surface area (TPSA) is 167 Å². The first-order valence-corrected chi connectivity index (χ1v) is 26.9. The van der Waals surface area contributed by atoms with Gasteiger partial charge in [0.2, 0.25) is 13.7 Å².